The SMILES string of the molecule is CN1CCCN(c2nc[nH]c(=O)c2Cl)CC1. The molecule has 0 saturated carbocycles. The van der Waals surface area contributed by atoms with Crippen LogP contribution in [0.25, 0.3) is 0 Å². The molecule has 0 atom stereocenters. The molecule has 0 spiro atoms. The second-order valence-electron chi connectivity index (χ2n) is 4.01. The first kappa shape index (κ1) is 11.4. The number of H-pyrrole nitrogens is 1. The van der Waals surface area contributed by atoms with E-state index in [0.29, 0.717) is 5.82 Å². The van der Waals surface area contributed by atoms with E-state index in [9.17, 15) is 4.79 Å². The van der Waals surface area contributed by atoms with Gasteiger partial charge in [-0.15, -0.1) is 0 Å². The number of hydrogen-bond donors (Lipinski definition) is 1. The number of halogens is 1. The molecule has 1 aromatic rings. The zero-order valence-electron chi connectivity index (χ0n) is 9.24. The van der Waals surface area contributed by atoms with Gasteiger partial charge in [0.2, 0.25) is 0 Å². The lowest BCUT2D eigenvalue weighted by molar-refractivity contribution is 0.360. The number of likely N-dealkylation sites (N-methyl/N-ethyl adjacent to an activating group) is 1. The molecule has 16 heavy (non-hydrogen) atoms. The van der Waals surface area contributed by atoms with E-state index in [1.807, 2.05) is 0 Å². The Hall–Kier alpha value is -1.07. The number of anilines is 1. The lowest BCUT2D eigenvalue weighted by atomic mass is 10.4. The summed E-state index contributed by atoms with van der Waals surface area (Å²) in [4.78, 5) is 22.3. The van der Waals surface area contributed by atoms with Crippen molar-refractivity contribution in [3.05, 3.63) is 21.7 Å². The first-order valence-corrected chi connectivity index (χ1v) is 5.73. The molecule has 1 aliphatic rings. The van der Waals surface area contributed by atoms with Gasteiger partial charge in [0.15, 0.2) is 5.82 Å². The summed E-state index contributed by atoms with van der Waals surface area (Å²) in [5.41, 5.74) is -0.274. The van der Waals surface area contributed by atoms with Gasteiger partial charge in [0, 0.05) is 19.6 Å². The van der Waals surface area contributed by atoms with Crippen LogP contribution in [0.1, 0.15) is 6.42 Å². The maximum absolute atomic E-state index is 11.4. The highest BCUT2D eigenvalue weighted by atomic mass is 35.5. The van der Waals surface area contributed by atoms with Crippen molar-refractivity contribution >= 4 is 17.4 Å². The number of rotatable bonds is 1. The van der Waals surface area contributed by atoms with Crippen LogP contribution in [0.3, 0.4) is 0 Å². The minimum Gasteiger partial charge on any atom is -0.354 e. The maximum Gasteiger partial charge on any atom is 0.271 e. The summed E-state index contributed by atoms with van der Waals surface area (Å²) in [7, 11) is 2.09. The Balaban J connectivity index is 2.23. The smallest absolute Gasteiger partial charge is 0.271 e. The van der Waals surface area contributed by atoms with E-state index in [-0.39, 0.29) is 10.6 Å². The Labute approximate surface area is 99.0 Å². The highest BCUT2D eigenvalue weighted by Crippen LogP contribution is 2.19. The molecule has 6 heteroatoms. The van der Waals surface area contributed by atoms with Gasteiger partial charge in [-0.05, 0) is 20.0 Å². The Morgan fingerprint density at radius 3 is 3.00 bits per heavy atom. The first-order valence-electron chi connectivity index (χ1n) is 5.35. The lowest BCUT2D eigenvalue weighted by Crippen LogP contribution is -2.30. The van der Waals surface area contributed by atoms with Crippen molar-refractivity contribution in [1.29, 1.82) is 0 Å². The molecule has 1 aromatic heterocycles. The van der Waals surface area contributed by atoms with Crippen LogP contribution in [-0.2, 0) is 0 Å². The molecule has 0 amide bonds. The van der Waals surface area contributed by atoms with Crippen molar-refractivity contribution in [3.8, 4) is 0 Å². The van der Waals surface area contributed by atoms with Crippen LogP contribution in [-0.4, -0.2) is 48.1 Å². The zero-order chi connectivity index (χ0) is 11.5. The summed E-state index contributed by atoms with van der Waals surface area (Å²) in [5.74, 6) is 0.598. The van der Waals surface area contributed by atoms with Crippen LogP contribution in [0.2, 0.25) is 5.02 Å². The molecule has 0 aromatic carbocycles. The van der Waals surface area contributed by atoms with Crippen LogP contribution >= 0.6 is 11.6 Å². The van der Waals surface area contributed by atoms with Crippen LogP contribution in [0.15, 0.2) is 11.1 Å². The van der Waals surface area contributed by atoms with Gasteiger partial charge in [-0.3, -0.25) is 4.79 Å². The van der Waals surface area contributed by atoms with Crippen molar-refractivity contribution in [2.45, 2.75) is 6.42 Å². The third kappa shape index (κ3) is 2.36. The molecule has 1 N–H and O–H groups in total. The number of nitrogens with one attached hydrogen (secondary N) is 1. The largest absolute Gasteiger partial charge is 0.354 e. The second-order valence-corrected chi connectivity index (χ2v) is 4.39. The minimum atomic E-state index is -0.274. The van der Waals surface area contributed by atoms with Gasteiger partial charge >= 0.3 is 0 Å². The molecule has 1 saturated heterocycles. The van der Waals surface area contributed by atoms with Crippen LogP contribution < -0.4 is 10.5 Å². The molecule has 2 heterocycles. The monoisotopic (exact) mass is 242 g/mol. The van der Waals surface area contributed by atoms with Crippen LogP contribution in [0, 0.1) is 0 Å². The molecule has 0 radical (unpaired) electrons. The van der Waals surface area contributed by atoms with E-state index in [4.69, 9.17) is 11.6 Å². The predicted molar refractivity (Wildman–Crippen MR) is 64.2 cm³/mol. The van der Waals surface area contributed by atoms with E-state index in [1.165, 1.54) is 6.33 Å². The molecule has 1 aliphatic heterocycles. The number of aromatic amines is 1. The van der Waals surface area contributed by atoms with Crippen LogP contribution in [0.5, 0.6) is 0 Å². The third-order valence-corrected chi connectivity index (χ3v) is 3.14. The predicted octanol–water partition coefficient (Wildman–Crippen LogP) is 0.565. The fourth-order valence-electron chi connectivity index (χ4n) is 1.85. The normalized spacial score (nSPS) is 18.5. The fraction of sp³-hybridized carbons (Fsp3) is 0.600. The molecule has 0 bridgehead atoms. The minimum absolute atomic E-state index is 0.187. The van der Waals surface area contributed by atoms with Crippen molar-refractivity contribution in [1.82, 2.24) is 14.9 Å². The topological polar surface area (TPSA) is 52.2 Å². The highest BCUT2D eigenvalue weighted by Gasteiger charge is 2.17. The van der Waals surface area contributed by atoms with E-state index < -0.39 is 0 Å². The summed E-state index contributed by atoms with van der Waals surface area (Å²) in [6.45, 7) is 3.77. The van der Waals surface area contributed by atoms with Crippen molar-refractivity contribution < 1.29 is 0 Å². The lowest BCUT2D eigenvalue weighted by Gasteiger charge is -2.21. The standard InChI is InChI=1S/C10H15ClN4O/c1-14-3-2-4-15(6-5-14)9-8(11)10(16)13-7-12-9/h7H,2-6H2,1H3,(H,12,13,16). The Morgan fingerprint density at radius 2 is 2.19 bits per heavy atom. The molecule has 0 aliphatic carbocycles. The van der Waals surface area contributed by atoms with Crippen molar-refractivity contribution in [2.75, 3.05) is 38.1 Å². The summed E-state index contributed by atoms with van der Waals surface area (Å²) in [5, 5.41) is 0.187. The average molecular weight is 243 g/mol. The van der Waals surface area contributed by atoms with Crippen molar-refractivity contribution in [3.63, 3.8) is 0 Å². The highest BCUT2D eigenvalue weighted by molar-refractivity contribution is 6.32. The average Bonchev–Trinajstić information content (AvgIpc) is 2.47. The van der Waals surface area contributed by atoms with Crippen LogP contribution in [0.4, 0.5) is 5.82 Å². The van der Waals surface area contributed by atoms with Gasteiger partial charge in [-0.1, -0.05) is 11.6 Å². The van der Waals surface area contributed by atoms with Crippen molar-refractivity contribution in [2.24, 2.45) is 0 Å². The fourth-order valence-corrected chi connectivity index (χ4v) is 2.08. The van der Waals surface area contributed by atoms with Gasteiger partial charge in [-0.2, -0.15) is 0 Å². The first-order chi connectivity index (χ1) is 7.68. The van der Waals surface area contributed by atoms with Gasteiger partial charge in [0.1, 0.15) is 5.02 Å². The molecule has 5 nitrogen and oxygen atoms in total. The van der Waals surface area contributed by atoms with E-state index >= 15 is 0 Å². The second kappa shape index (κ2) is 4.84. The Morgan fingerprint density at radius 1 is 1.38 bits per heavy atom. The van der Waals surface area contributed by atoms with E-state index in [0.717, 1.165) is 32.6 Å². The zero-order valence-corrected chi connectivity index (χ0v) is 10.00. The Kier molecular flexibility index (Phi) is 3.46. The maximum atomic E-state index is 11.4. The summed E-state index contributed by atoms with van der Waals surface area (Å²) >= 11 is 5.95. The van der Waals surface area contributed by atoms with Gasteiger partial charge in [-0.25, -0.2) is 4.98 Å². The van der Waals surface area contributed by atoms with Gasteiger partial charge in [0.25, 0.3) is 5.56 Å². The molecule has 88 valence electrons. The molecule has 2 rings (SSSR count). The third-order valence-electron chi connectivity index (χ3n) is 2.80. The molecule has 0 unspecified atom stereocenters. The summed E-state index contributed by atoms with van der Waals surface area (Å²) in [6, 6.07) is 0. The molecule has 1 fully saturated rings. The van der Waals surface area contributed by atoms with E-state index in [2.05, 4.69) is 26.8 Å². The number of aromatic nitrogens is 2. The van der Waals surface area contributed by atoms with Gasteiger partial charge < -0.3 is 14.8 Å². The summed E-state index contributed by atoms with van der Waals surface area (Å²) < 4.78 is 0. The van der Waals surface area contributed by atoms with E-state index in [1.54, 1.807) is 0 Å². The molecular weight excluding hydrogens is 228 g/mol. The summed E-state index contributed by atoms with van der Waals surface area (Å²) in [6.07, 6.45) is 2.46. The van der Waals surface area contributed by atoms with Gasteiger partial charge in [0.05, 0.1) is 6.33 Å². The number of hydrogen-bond acceptors (Lipinski definition) is 4. The number of nitrogens with zero attached hydrogens (tertiary/aromatic N) is 3. The quantitative estimate of drug-likeness (QED) is 0.782. The molecular formula is C10H15ClN4O. The Bertz CT molecular complexity index is 420.